The van der Waals surface area contributed by atoms with Crippen LogP contribution in [0.2, 0.25) is 0 Å². The smallest absolute Gasteiger partial charge is 0.121 e. The predicted octanol–water partition coefficient (Wildman–Crippen LogP) is 4.35. The molecular weight excluding hydrogens is 258 g/mol. The molecule has 1 saturated carbocycles. The Hall–Kier alpha value is -1.77. The highest BCUT2D eigenvalue weighted by molar-refractivity contribution is 5.63. The zero-order valence-corrected chi connectivity index (χ0v) is 13.3. The third-order valence-electron chi connectivity index (χ3n) is 4.91. The van der Waals surface area contributed by atoms with Crippen molar-refractivity contribution in [1.29, 1.82) is 0 Å². The SMILES string of the molecule is Cn1nc(-c2cccc(C3CCC(C)(C)CC3)c2)cc1N. The van der Waals surface area contributed by atoms with Crippen molar-refractivity contribution >= 4 is 5.82 Å². The largest absolute Gasteiger partial charge is 0.384 e. The van der Waals surface area contributed by atoms with Crippen LogP contribution in [0.1, 0.15) is 51.0 Å². The van der Waals surface area contributed by atoms with E-state index in [0.717, 1.165) is 5.69 Å². The van der Waals surface area contributed by atoms with E-state index < -0.39 is 0 Å². The second-order valence-corrected chi connectivity index (χ2v) is 7.14. The number of hydrogen-bond donors (Lipinski definition) is 1. The summed E-state index contributed by atoms with van der Waals surface area (Å²) in [6.07, 6.45) is 5.22. The Morgan fingerprint density at radius 1 is 1.19 bits per heavy atom. The van der Waals surface area contributed by atoms with Crippen LogP contribution in [0.3, 0.4) is 0 Å². The van der Waals surface area contributed by atoms with Crippen molar-refractivity contribution in [2.24, 2.45) is 12.5 Å². The lowest BCUT2D eigenvalue weighted by atomic mass is 9.71. The van der Waals surface area contributed by atoms with Crippen molar-refractivity contribution in [3.05, 3.63) is 35.9 Å². The fourth-order valence-electron chi connectivity index (χ4n) is 3.31. The second-order valence-electron chi connectivity index (χ2n) is 7.14. The highest BCUT2D eigenvalue weighted by Gasteiger charge is 2.27. The fraction of sp³-hybridized carbons (Fsp3) is 0.500. The topological polar surface area (TPSA) is 43.8 Å². The molecular formula is C18H25N3. The van der Waals surface area contributed by atoms with E-state index in [4.69, 9.17) is 5.73 Å². The molecule has 21 heavy (non-hydrogen) atoms. The van der Waals surface area contributed by atoms with Crippen molar-refractivity contribution in [1.82, 2.24) is 9.78 Å². The van der Waals surface area contributed by atoms with Crippen molar-refractivity contribution < 1.29 is 0 Å². The molecule has 1 aromatic heterocycles. The van der Waals surface area contributed by atoms with E-state index >= 15 is 0 Å². The number of aromatic nitrogens is 2. The van der Waals surface area contributed by atoms with Gasteiger partial charge >= 0.3 is 0 Å². The number of benzene rings is 1. The van der Waals surface area contributed by atoms with Crippen LogP contribution in [-0.4, -0.2) is 9.78 Å². The van der Waals surface area contributed by atoms with Crippen molar-refractivity contribution in [2.75, 3.05) is 5.73 Å². The highest BCUT2D eigenvalue weighted by atomic mass is 15.3. The van der Waals surface area contributed by atoms with Gasteiger partial charge in [0.1, 0.15) is 5.82 Å². The van der Waals surface area contributed by atoms with Gasteiger partial charge in [-0.15, -0.1) is 0 Å². The van der Waals surface area contributed by atoms with Gasteiger partial charge in [0.2, 0.25) is 0 Å². The van der Waals surface area contributed by atoms with Gasteiger partial charge in [-0.1, -0.05) is 32.0 Å². The Balaban J connectivity index is 1.84. The average Bonchev–Trinajstić information content (AvgIpc) is 2.79. The zero-order valence-electron chi connectivity index (χ0n) is 13.3. The third kappa shape index (κ3) is 2.97. The van der Waals surface area contributed by atoms with Crippen LogP contribution in [0.15, 0.2) is 30.3 Å². The number of nitrogens with zero attached hydrogens (tertiary/aromatic N) is 2. The molecule has 0 bridgehead atoms. The molecule has 0 atom stereocenters. The molecule has 1 fully saturated rings. The van der Waals surface area contributed by atoms with Gasteiger partial charge in [0.05, 0.1) is 5.69 Å². The summed E-state index contributed by atoms with van der Waals surface area (Å²) in [5, 5.41) is 4.48. The molecule has 1 aromatic carbocycles. The van der Waals surface area contributed by atoms with Gasteiger partial charge in [0.15, 0.2) is 0 Å². The monoisotopic (exact) mass is 283 g/mol. The summed E-state index contributed by atoms with van der Waals surface area (Å²) in [6, 6.07) is 10.8. The lowest BCUT2D eigenvalue weighted by molar-refractivity contribution is 0.224. The van der Waals surface area contributed by atoms with Crippen LogP contribution in [0.4, 0.5) is 5.82 Å². The number of hydrogen-bond acceptors (Lipinski definition) is 2. The van der Waals surface area contributed by atoms with Crippen LogP contribution in [0, 0.1) is 5.41 Å². The zero-order chi connectivity index (χ0) is 15.0. The van der Waals surface area contributed by atoms with Gasteiger partial charge in [0, 0.05) is 18.7 Å². The third-order valence-corrected chi connectivity index (χ3v) is 4.91. The van der Waals surface area contributed by atoms with Crippen LogP contribution < -0.4 is 5.73 Å². The maximum Gasteiger partial charge on any atom is 0.121 e. The van der Waals surface area contributed by atoms with E-state index in [1.807, 2.05) is 13.1 Å². The second kappa shape index (κ2) is 5.21. The van der Waals surface area contributed by atoms with Crippen LogP contribution in [-0.2, 0) is 7.05 Å². The molecule has 0 unspecified atom stereocenters. The first-order valence-corrected chi connectivity index (χ1v) is 7.84. The molecule has 1 heterocycles. The Labute approximate surface area is 127 Å². The van der Waals surface area contributed by atoms with E-state index in [2.05, 4.69) is 43.2 Å². The van der Waals surface area contributed by atoms with E-state index in [1.165, 1.54) is 36.8 Å². The molecule has 1 aliphatic rings. The summed E-state index contributed by atoms with van der Waals surface area (Å²) < 4.78 is 1.73. The average molecular weight is 283 g/mol. The Kier molecular flexibility index (Phi) is 3.52. The van der Waals surface area contributed by atoms with Gasteiger partial charge in [-0.2, -0.15) is 5.10 Å². The summed E-state index contributed by atoms with van der Waals surface area (Å²) in [4.78, 5) is 0. The van der Waals surface area contributed by atoms with Gasteiger partial charge in [-0.25, -0.2) is 0 Å². The van der Waals surface area contributed by atoms with E-state index in [1.54, 1.807) is 4.68 Å². The van der Waals surface area contributed by atoms with E-state index in [-0.39, 0.29) is 0 Å². The van der Waals surface area contributed by atoms with Gasteiger partial charge in [-0.3, -0.25) is 4.68 Å². The Morgan fingerprint density at radius 3 is 2.52 bits per heavy atom. The summed E-state index contributed by atoms with van der Waals surface area (Å²) >= 11 is 0. The molecule has 0 aliphatic heterocycles. The standard InChI is InChI=1S/C18H25N3/c1-18(2)9-7-13(8-10-18)14-5-4-6-15(11-14)16-12-17(19)21(3)20-16/h4-6,11-13H,7-10,19H2,1-3H3. The van der Waals surface area contributed by atoms with Crippen molar-refractivity contribution in [3.63, 3.8) is 0 Å². The highest BCUT2D eigenvalue weighted by Crippen LogP contribution is 2.42. The first kappa shape index (κ1) is 14.2. The van der Waals surface area contributed by atoms with Crippen LogP contribution in [0.25, 0.3) is 11.3 Å². The van der Waals surface area contributed by atoms with Crippen LogP contribution in [0.5, 0.6) is 0 Å². The Morgan fingerprint density at radius 2 is 1.90 bits per heavy atom. The van der Waals surface area contributed by atoms with E-state index in [9.17, 15) is 0 Å². The molecule has 1 aliphatic carbocycles. The maximum atomic E-state index is 5.89. The summed E-state index contributed by atoms with van der Waals surface area (Å²) in [5.74, 6) is 1.40. The molecule has 3 rings (SSSR count). The molecule has 2 N–H and O–H groups in total. The fourth-order valence-corrected chi connectivity index (χ4v) is 3.31. The summed E-state index contributed by atoms with van der Waals surface area (Å²) in [7, 11) is 1.88. The summed E-state index contributed by atoms with van der Waals surface area (Å²) in [6.45, 7) is 4.77. The predicted molar refractivity (Wildman–Crippen MR) is 88.0 cm³/mol. The molecule has 0 saturated heterocycles. The number of anilines is 1. The molecule has 0 radical (unpaired) electrons. The minimum atomic E-state index is 0.517. The van der Waals surface area contributed by atoms with Gasteiger partial charge in [-0.05, 0) is 48.6 Å². The lowest BCUT2D eigenvalue weighted by Crippen LogP contribution is -2.20. The maximum absolute atomic E-state index is 5.89. The molecule has 0 spiro atoms. The molecule has 3 heteroatoms. The quantitative estimate of drug-likeness (QED) is 0.890. The minimum absolute atomic E-state index is 0.517. The van der Waals surface area contributed by atoms with Gasteiger partial charge < -0.3 is 5.73 Å². The molecule has 3 nitrogen and oxygen atoms in total. The first-order valence-electron chi connectivity index (χ1n) is 7.84. The Bertz CT molecular complexity index is 610. The molecule has 112 valence electrons. The minimum Gasteiger partial charge on any atom is -0.384 e. The van der Waals surface area contributed by atoms with Crippen molar-refractivity contribution in [3.8, 4) is 11.3 Å². The molecule has 0 amide bonds. The summed E-state index contributed by atoms with van der Waals surface area (Å²) in [5.41, 5.74) is 9.99. The molecule has 2 aromatic rings. The first-order chi connectivity index (χ1) is 9.94. The van der Waals surface area contributed by atoms with Gasteiger partial charge in [0.25, 0.3) is 0 Å². The van der Waals surface area contributed by atoms with E-state index in [0.29, 0.717) is 17.2 Å². The lowest BCUT2D eigenvalue weighted by Gasteiger charge is -2.34. The normalized spacial score (nSPS) is 18.8. The number of aryl methyl sites for hydroxylation is 1. The number of nitrogen functional groups attached to an aromatic ring is 1. The number of rotatable bonds is 2. The van der Waals surface area contributed by atoms with Crippen molar-refractivity contribution in [2.45, 2.75) is 45.4 Å². The number of nitrogens with two attached hydrogens (primary N) is 1. The van der Waals surface area contributed by atoms with Crippen LogP contribution >= 0.6 is 0 Å².